The quantitative estimate of drug-likeness (QED) is 0.647. The van der Waals surface area contributed by atoms with Crippen molar-refractivity contribution < 1.29 is 14.1 Å². The Balaban J connectivity index is 2.08. The van der Waals surface area contributed by atoms with E-state index in [1.807, 2.05) is 0 Å². The van der Waals surface area contributed by atoms with Gasteiger partial charge in [-0.3, -0.25) is 20.0 Å². The Morgan fingerprint density at radius 3 is 2.94 bits per heavy atom. The monoisotopic (exact) mass is 250 g/mol. The standard InChI is InChI=1S/C10H10N4O4/c1-13(6-7-4-11-12-5-7)10(15)8-2-3-9(18-8)14(16)17/h2-5H,6H2,1H3,(H,11,12). The lowest BCUT2D eigenvalue weighted by molar-refractivity contribution is -0.402. The van der Waals surface area contributed by atoms with Crippen LogP contribution in [0.2, 0.25) is 0 Å². The molecule has 0 fully saturated rings. The zero-order valence-electron chi connectivity index (χ0n) is 9.49. The normalized spacial score (nSPS) is 10.3. The van der Waals surface area contributed by atoms with Crippen LogP contribution in [0.5, 0.6) is 0 Å². The molecule has 1 amide bonds. The van der Waals surface area contributed by atoms with Crippen LogP contribution in [0.15, 0.2) is 28.9 Å². The number of carbonyl (C=O) groups is 1. The van der Waals surface area contributed by atoms with Crippen LogP contribution in [0.25, 0.3) is 0 Å². The van der Waals surface area contributed by atoms with Gasteiger partial charge in [0.1, 0.15) is 4.92 Å². The number of aromatic nitrogens is 2. The number of nitrogens with zero attached hydrogens (tertiary/aromatic N) is 3. The van der Waals surface area contributed by atoms with Crippen LogP contribution in [-0.4, -0.2) is 33.0 Å². The summed E-state index contributed by atoms with van der Waals surface area (Å²) in [6, 6.07) is 2.44. The van der Waals surface area contributed by atoms with E-state index in [0.717, 1.165) is 11.6 Å². The van der Waals surface area contributed by atoms with Crippen LogP contribution >= 0.6 is 0 Å². The lowest BCUT2D eigenvalue weighted by Gasteiger charge is -2.13. The van der Waals surface area contributed by atoms with Gasteiger partial charge in [0.05, 0.1) is 12.3 Å². The molecular formula is C10H10N4O4. The Kier molecular flexibility index (Phi) is 3.09. The molecule has 8 nitrogen and oxygen atoms in total. The van der Waals surface area contributed by atoms with Crippen molar-refractivity contribution >= 4 is 11.8 Å². The predicted octanol–water partition coefficient (Wildman–Crippen LogP) is 1.18. The summed E-state index contributed by atoms with van der Waals surface area (Å²) in [7, 11) is 1.57. The lowest BCUT2D eigenvalue weighted by Crippen LogP contribution is -2.25. The van der Waals surface area contributed by atoms with Crippen molar-refractivity contribution in [2.24, 2.45) is 0 Å². The molecule has 8 heteroatoms. The fourth-order valence-corrected chi connectivity index (χ4v) is 1.44. The van der Waals surface area contributed by atoms with Crippen molar-refractivity contribution in [1.82, 2.24) is 15.1 Å². The Labute approximate surface area is 101 Å². The Morgan fingerprint density at radius 1 is 1.61 bits per heavy atom. The summed E-state index contributed by atoms with van der Waals surface area (Å²) in [4.78, 5) is 23.0. The van der Waals surface area contributed by atoms with E-state index in [-0.39, 0.29) is 5.76 Å². The van der Waals surface area contributed by atoms with E-state index in [0.29, 0.717) is 6.54 Å². The van der Waals surface area contributed by atoms with Crippen LogP contribution in [-0.2, 0) is 6.54 Å². The highest BCUT2D eigenvalue weighted by Gasteiger charge is 2.20. The fraction of sp³-hybridized carbons (Fsp3) is 0.200. The lowest BCUT2D eigenvalue weighted by atomic mass is 10.3. The summed E-state index contributed by atoms with van der Waals surface area (Å²) in [6.07, 6.45) is 3.25. The molecule has 0 spiro atoms. The molecule has 0 bridgehead atoms. The van der Waals surface area contributed by atoms with Crippen LogP contribution in [0.4, 0.5) is 5.88 Å². The van der Waals surface area contributed by atoms with Crippen molar-refractivity contribution in [2.75, 3.05) is 7.05 Å². The molecule has 0 radical (unpaired) electrons. The van der Waals surface area contributed by atoms with Gasteiger partial charge in [-0.15, -0.1) is 0 Å². The molecule has 0 aliphatic carbocycles. The van der Waals surface area contributed by atoms with Gasteiger partial charge < -0.3 is 9.32 Å². The fourth-order valence-electron chi connectivity index (χ4n) is 1.44. The molecule has 0 saturated heterocycles. The van der Waals surface area contributed by atoms with Crippen LogP contribution in [0.1, 0.15) is 16.1 Å². The van der Waals surface area contributed by atoms with E-state index < -0.39 is 16.7 Å². The number of nitro groups is 1. The van der Waals surface area contributed by atoms with Crippen molar-refractivity contribution in [3.05, 3.63) is 46.0 Å². The molecular weight excluding hydrogens is 240 g/mol. The third-order valence-corrected chi connectivity index (χ3v) is 2.30. The van der Waals surface area contributed by atoms with Gasteiger partial charge >= 0.3 is 5.88 Å². The average Bonchev–Trinajstić information content (AvgIpc) is 2.98. The molecule has 0 aliphatic heterocycles. The van der Waals surface area contributed by atoms with Gasteiger partial charge in [-0.25, -0.2) is 0 Å². The summed E-state index contributed by atoms with van der Waals surface area (Å²) in [5.41, 5.74) is 0.826. The van der Waals surface area contributed by atoms with Crippen molar-refractivity contribution in [1.29, 1.82) is 0 Å². The third kappa shape index (κ3) is 2.37. The Bertz CT molecular complexity index is 560. The number of hydrogen-bond acceptors (Lipinski definition) is 5. The Hall–Kier alpha value is -2.64. The van der Waals surface area contributed by atoms with Gasteiger partial charge in [-0.2, -0.15) is 5.10 Å². The maximum atomic E-state index is 11.9. The van der Waals surface area contributed by atoms with E-state index in [1.54, 1.807) is 19.4 Å². The number of furan rings is 1. The largest absolute Gasteiger partial charge is 0.433 e. The Morgan fingerprint density at radius 2 is 2.39 bits per heavy atom. The number of carbonyl (C=O) groups excluding carboxylic acids is 1. The second kappa shape index (κ2) is 4.70. The van der Waals surface area contributed by atoms with Crippen molar-refractivity contribution in [3.63, 3.8) is 0 Å². The average molecular weight is 250 g/mol. The zero-order chi connectivity index (χ0) is 13.1. The minimum absolute atomic E-state index is 0.0623. The molecule has 2 aromatic rings. The topological polar surface area (TPSA) is 105 Å². The molecule has 0 atom stereocenters. The molecule has 0 aromatic carbocycles. The molecule has 2 rings (SSSR count). The molecule has 0 unspecified atom stereocenters. The first-order valence-electron chi connectivity index (χ1n) is 5.05. The highest BCUT2D eigenvalue weighted by molar-refractivity contribution is 5.91. The molecule has 0 saturated carbocycles. The highest BCUT2D eigenvalue weighted by Crippen LogP contribution is 2.17. The zero-order valence-corrected chi connectivity index (χ0v) is 9.49. The van der Waals surface area contributed by atoms with Crippen LogP contribution < -0.4 is 0 Å². The number of amides is 1. The van der Waals surface area contributed by atoms with Gasteiger partial charge in [0.2, 0.25) is 0 Å². The summed E-state index contributed by atoms with van der Waals surface area (Å²) in [6.45, 7) is 0.337. The van der Waals surface area contributed by atoms with E-state index in [9.17, 15) is 14.9 Å². The van der Waals surface area contributed by atoms with E-state index in [2.05, 4.69) is 10.2 Å². The van der Waals surface area contributed by atoms with E-state index in [4.69, 9.17) is 4.42 Å². The first-order valence-corrected chi connectivity index (χ1v) is 5.05. The molecule has 94 valence electrons. The van der Waals surface area contributed by atoms with Gasteiger partial charge in [0.15, 0.2) is 5.76 Å². The maximum absolute atomic E-state index is 11.9. The van der Waals surface area contributed by atoms with Crippen LogP contribution in [0, 0.1) is 10.1 Å². The molecule has 2 aromatic heterocycles. The van der Waals surface area contributed by atoms with Gasteiger partial charge in [0, 0.05) is 25.4 Å². The molecule has 2 heterocycles. The second-order valence-corrected chi connectivity index (χ2v) is 3.66. The first-order chi connectivity index (χ1) is 8.58. The first kappa shape index (κ1) is 11.8. The number of rotatable bonds is 4. The third-order valence-electron chi connectivity index (χ3n) is 2.30. The number of hydrogen-bond donors (Lipinski definition) is 1. The van der Waals surface area contributed by atoms with Crippen molar-refractivity contribution in [3.8, 4) is 0 Å². The molecule has 1 N–H and O–H groups in total. The minimum atomic E-state index is -0.688. The highest BCUT2D eigenvalue weighted by atomic mass is 16.6. The summed E-state index contributed by atoms with van der Waals surface area (Å²) in [5.74, 6) is -0.938. The minimum Gasteiger partial charge on any atom is -0.395 e. The molecule has 0 aliphatic rings. The van der Waals surface area contributed by atoms with Gasteiger partial charge in [-0.1, -0.05) is 0 Å². The summed E-state index contributed by atoms with van der Waals surface area (Å²) < 4.78 is 4.83. The summed E-state index contributed by atoms with van der Waals surface area (Å²) in [5, 5.41) is 16.8. The molecule has 18 heavy (non-hydrogen) atoms. The second-order valence-electron chi connectivity index (χ2n) is 3.66. The van der Waals surface area contributed by atoms with E-state index in [1.165, 1.54) is 11.0 Å². The smallest absolute Gasteiger partial charge is 0.395 e. The number of H-pyrrole nitrogens is 1. The van der Waals surface area contributed by atoms with Gasteiger partial charge in [-0.05, 0) is 6.07 Å². The summed E-state index contributed by atoms with van der Waals surface area (Å²) >= 11 is 0. The van der Waals surface area contributed by atoms with Crippen LogP contribution in [0.3, 0.4) is 0 Å². The predicted molar refractivity (Wildman–Crippen MR) is 59.7 cm³/mol. The number of aromatic amines is 1. The number of nitrogens with one attached hydrogen (secondary N) is 1. The maximum Gasteiger partial charge on any atom is 0.433 e. The van der Waals surface area contributed by atoms with Gasteiger partial charge in [0.25, 0.3) is 5.91 Å². The SMILES string of the molecule is CN(Cc1cn[nH]c1)C(=O)c1ccc([N+](=O)[O-])o1. The van der Waals surface area contributed by atoms with Crippen molar-refractivity contribution in [2.45, 2.75) is 6.54 Å². The van der Waals surface area contributed by atoms with E-state index >= 15 is 0 Å².